The fourth-order valence-corrected chi connectivity index (χ4v) is 3.39. The van der Waals surface area contributed by atoms with Gasteiger partial charge in [0.05, 0.1) is 11.6 Å². The van der Waals surface area contributed by atoms with Crippen LogP contribution in [0.4, 0.5) is 25.3 Å². The number of ether oxygens (including phenoxy) is 1. The number of nitrogens with zero attached hydrogens (tertiary/aromatic N) is 4. The molecule has 172 valence electrons. The highest BCUT2D eigenvalue weighted by atomic mass is 19.3. The molecule has 0 aromatic carbocycles. The Morgan fingerprint density at radius 3 is 2.74 bits per heavy atom. The Kier molecular flexibility index (Phi) is 6.80. The molecular formula is C20H31F2N7O2. The average Bonchev–Trinajstić information content (AvgIpc) is 3.29. The highest BCUT2D eigenvalue weighted by Crippen LogP contribution is 2.27. The number of alkyl halides is 2. The normalized spacial score (nSPS) is 20.3. The lowest BCUT2D eigenvalue weighted by Gasteiger charge is -2.24. The molecule has 0 spiro atoms. The van der Waals surface area contributed by atoms with E-state index < -0.39 is 17.9 Å². The number of nitrogens with one attached hydrogen (secondary N) is 3. The third-order valence-electron chi connectivity index (χ3n) is 5.27. The monoisotopic (exact) mass is 439 g/mol. The Hall–Kier alpha value is -2.72. The Morgan fingerprint density at radius 2 is 2.06 bits per heavy atom. The average molecular weight is 440 g/mol. The molecule has 31 heavy (non-hydrogen) atoms. The molecule has 3 N–H and O–H groups in total. The van der Waals surface area contributed by atoms with Gasteiger partial charge in [-0.05, 0) is 32.6 Å². The summed E-state index contributed by atoms with van der Waals surface area (Å²) in [6.07, 6.45) is -1.10. The first-order chi connectivity index (χ1) is 14.5. The predicted molar refractivity (Wildman–Crippen MR) is 114 cm³/mol. The number of hydrogen-bond donors (Lipinski definition) is 3. The molecule has 3 atom stereocenters. The number of fused-ring (bicyclic) bond motifs is 1. The van der Waals surface area contributed by atoms with Crippen LogP contribution in [0, 0.1) is 17.8 Å². The van der Waals surface area contributed by atoms with Gasteiger partial charge in [0.1, 0.15) is 11.4 Å². The Balaban J connectivity index is 1.65. The molecule has 9 nitrogen and oxygen atoms in total. The van der Waals surface area contributed by atoms with Crippen molar-refractivity contribution in [2.24, 2.45) is 17.8 Å². The molecule has 1 unspecified atom stereocenters. The first kappa shape index (κ1) is 23.0. The van der Waals surface area contributed by atoms with E-state index in [-0.39, 0.29) is 30.4 Å². The number of aromatic amines is 1. The van der Waals surface area contributed by atoms with Crippen molar-refractivity contribution in [3.8, 4) is 0 Å². The second-order valence-corrected chi connectivity index (χ2v) is 9.22. The molecule has 1 fully saturated rings. The summed E-state index contributed by atoms with van der Waals surface area (Å²) >= 11 is 0. The second-order valence-electron chi connectivity index (χ2n) is 9.22. The van der Waals surface area contributed by atoms with Gasteiger partial charge in [-0.1, -0.05) is 13.8 Å². The molecule has 0 radical (unpaired) electrons. The summed E-state index contributed by atoms with van der Waals surface area (Å²) in [7, 11) is 0. The van der Waals surface area contributed by atoms with E-state index in [4.69, 9.17) is 4.74 Å². The Morgan fingerprint density at radius 1 is 1.32 bits per heavy atom. The number of H-pyrrole nitrogens is 1. The van der Waals surface area contributed by atoms with Gasteiger partial charge in [0.15, 0.2) is 5.65 Å². The second kappa shape index (κ2) is 9.19. The number of hydrogen-bond acceptors (Lipinski definition) is 7. The Labute approximate surface area is 180 Å². The Bertz CT molecular complexity index is 899. The van der Waals surface area contributed by atoms with Gasteiger partial charge in [0, 0.05) is 32.1 Å². The molecule has 3 heterocycles. The fraction of sp³-hybridized carbons (Fsp3) is 0.700. The zero-order valence-corrected chi connectivity index (χ0v) is 18.6. The standard InChI is InChI=1S/C20H31F2N7O2/c1-11(15(21)22)6-24-18-26-16(14-8-25-28-17(14)27-18)23-7-13-10-29(9-12(13)2)19(30)31-20(3,4)5/h8,11-13,15H,6-7,9-10H2,1-5H3,(H3,23,24,25,26,27,28)/t11?,12-,13-/m1/s1. The van der Waals surface area contributed by atoms with E-state index in [1.165, 1.54) is 6.92 Å². The zero-order chi connectivity index (χ0) is 22.8. The van der Waals surface area contributed by atoms with Crippen molar-refractivity contribution in [2.45, 2.75) is 46.6 Å². The summed E-state index contributed by atoms with van der Waals surface area (Å²) in [5, 5.41) is 13.7. The molecule has 0 aliphatic carbocycles. The van der Waals surface area contributed by atoms with Gasteiger partial charge in [-0.15, -0.1) is 0 Å². The first-order valence-electron chi connectivity index (χ1n) is 10.5. The maximum Gasteiger partial charge on any atom is 0.410 e. The molecule has 1 amide bonds. The maximum absolute atomic E-state index is 12.8. The van der Waals surface area contributed by atoms with E-state index >= 15 is 0 Å². The van der Waals surface area contributed by atoms with E-state index in [2.05, 4.69) is 37.7 Å². The van der Waals surface area contributed by atoms with Crippen molar-refractivity contribution < 1.29 is 18.3 Å². The summed E-state index contributed by atoms with van der Waals surface area (Å²) in [5.74, 6) is 0.483. The van der Waals surface area contributed by atoms with Crippen molar-refractivity contribution in [2.75, 3.05) is 36.8 Å². The minimum atomic E-state index is -2.42. The zero-order valence-electron chi connectivity index (χ0n) is 18.6. The first-order valence-corrected chi connectivity index (χ1v) is 10.5. The third kappa shape index (κ3) is 5.92. The van der Waals surface area contributed by atoms with Gasteiger partial charge in [-0.3, -0.25) is 5.10 Å². The van der Waals surface area contributed by atoms with Crippen molar-refractivity contribution in [1.29, 1.82) is 0 Å². The van der Waals surface area contributed by atoms with Gasteiger partial charge in [0.2, 0.25) is 12.4 Å². The number of amides is 1. The number of halogens is 2. The maximum atomic E-state index is 12.8. The molecule has 1 saturated heterocycles. The van der Waals surface area contributed by atoms with Gasteiger partial charge < -0.3 is 20.3 Å². The summed E-state index contributed by atoms with van der Waals surface area (Å²) in [5.41, 5.74) is -0.0185. The number of aromatic nitrogens is 4. The molecule has 0 saturated carbocycles. The van der Waals surface area contributed by atoms with Crippen molar-refractivity contribution in [3.63, 3.8) is 0 Å². The van der Waals surface area contributed by atoms with Crippen LogP contribution >= 0.6 is 0 Å². The van der Waals surface area contributed by atoms with Crippen LogP contribution in [-0.2, 0) is 4.74 Å². The number of rotatable bonds is 7. The van der Waals surface area contributed by atoms with E-state index in [0.717, 1.165) is 0 Å². The molecule has 2 aromatic rings. The van der Waals surface area contributed by atoms with Crippen molar-refractivity contribution >= 4 is 28.9 Å². The van der Waals surface area contributed by atoms with E-state index in [1.54, 1.807) is 11.1 Å². The van der Waals surface area contributed by atoms with Gasteiger partial charge >= 0.3 is 6.09 Å². The lowest BCUT2D eigenvalue weighted by molar-refractivity contribution is 0.0285. The highest BCUT2D eigenvalue weighted by molar-refractivity contribution is 5.87. The smallest absolute Gasteiger partial charge is 0.410 e. The third-order valence-corrected chi connectivity index (χ3v) is 5.27. The van der Waals surface area contributed by atoms with Gasteiger partial charge in [-0.25, -0.2) is 13.6 Å². The lowest BCUT2D eigenvalue weighted by atomic mass is 9.98. The van der Waals surface area contributed by atoms with Crippen LogP contribution in [0.1, 0.15) is 34.6 Å². The fourth-order valence-electron chi connectivity index (χ4n) is 3.39. The van der Waals surface area contributed by atoms with Crippen LogP contribution in [0.3, 0.4) is 0 Å². The number of likely N-dealkylation sites (tertiary alicyclic amines) is 1. The molecule has 11 heteroatoms. The molecule has 3 rings (SSSR count). The SMILES string of the molecule is CC(CNc1nc(NC[C@@H]2CN(C(=O)OC(C)(C)C)C[C@H]2C)c2cn[nH]c2n1)C(F)F. The van der Waals surface area contributed by atoms with E-state index in [0.29, 0.717) is 36.5 Å². The molecule has 1 aliphatic rings. The molecule has 1 aliphatic heterocycles. The van der Waals surface area contributed by atoms with Crippen molar-refractivity contribution in [1.82, 2.24) is 25.1 Å². The molecular weight excluding hydrogens is 408 g/mol. The summed E-state index contributed by atoms with van der Waals surface area (Å²) < 4.78 is 31.0. The van der Waals surface area contributed by atoms with Crippen LogP contribution < -0.4 is 10.6 Å². The van der Waals surface area contributed by atoms with Crippen LogP contribution in [0.15, 0.2) is 6.20 Å². The number of carbonyl (C=O) groups is 1. The van der Waals surface area contributed by atoms with Gasteiger partial charge in [-0.2, -0.15) is 15.1 Å². The minimum Gasteiger partial charge on any atom is -0.444 e. The van der Waals surface area contributed by atoms with Crippen LogP contribution in [0.5, 0.6) is 0 Å². The topological polar surface area (TPSA) is 108 Å². The van der Waals surface area contributed by atoms with E-state index in [9.17, 15) is 13.6 Å². The molecule has 0 bridgehead atoms. The van der Waals surface area contributed by atoms with Crippen molar-refractivity contribution in [3.05, 3.63) is 6.20 Å². The lowest BCUT2D eigenvalue weighted by Crippen LogP contribution is -2.35. The summed E-state index contributed by atoms with van der Waals surface area (Å²) in [6, 6.07) is 0. The number of carbonyl (C=O) groups excluding carboxylic acids is 1. The molecule has 2 aromatic heterocycles. The highest BCUT2D eigenvalue weighted by Gasteiger charge is 2.34. The van der Waals surface area contributed by atoms with Gasteiger partial charge in [0.25, 0.3) is 0 Å². The van der Waals surface area contributed by atoms with E-state index in [1.807, 2.05) is 20.8 Å². The van der Waals surface area contributed by atoms with Crippen LogP contribution in [0.2, 0.25) is 0 Å². The van der Waals surface area contributed by atoms with Crippen LogP contribution in [0.25, 0.3) is 11.0 Å². The summed E-state index contributed by atoms with van der Waals surface area (Å²) in [6.45, 7) is 11.0. The van der Waals surface area contributed by atoms with Crippen LogP contribution in [-0.4, -0.2) is 69.4 Å². The largest absolute Gasteiger partial charge is 0.444 e. The summed E-state index contributed by atoms with van der Waals surface area (Å²) in [4.78, 5) is 22.9. The predicted octanol–water partition coefficient (Wildman–Crippen LogP) is 3.58. The number of anilines is 2. The minimum absolute atomic E-state index is 0.0568. The quantitative estimate of drug-likeness (QED) is 0.605.